The van der Waals surface area contributed by atoms with Gasteiger partial charge in [-0.25, -0.2) is 0 Å². The number of rotatable bonds is 1. The van der Waals surface area contributed by atoms with Crippen molar-refractivity contribution < 1.29 is 9.53 Å². The summed E-state index contributed by atoms with van der Waals surface area (Å²) >= 11 is 0. The van der Waals surface area contributed by atoms with Gasteiger partial charge in [0.2, 0.25) is 0 Å². The van der Waals surface area contributed by atoms with Crippen LogP contribution < -0.4 is 5.32 Å². The van der Waals surface area contributed by atoms with Crippen molar-refractivity contribution in [3.05, 3.63) is 0 Å². The summed E-state index contributed by atoms with van der Waals surface area (Å²) in [6.45, 7) is 3.13. The molecule has 0 aromatic heterocycles. The molecule has 68 valence electrons. The molecule has 3 nitrogen and oxygen atoms in total. The maximum atomic E-state index is 11.1. The highest BCUT2D eigenvalue weighted by atomic mass is 16.6. The van der Waals surface area contributed by atoms with Crippen LogP contribution in [0, 0.1) is 5.41 Å². The molecule has 2 heterocycles. The van der Waals surface area contributed by atoms with Gasteiger partial charge >= 0.3 is 5.97 Å². The molecule has 2 fully saturated rings. The summed E-state index contributed by atoms with van der Waals surface area (Å²) in [4.78, 5) is 11.1. The van der Waals surface area contributed by atoms with E-state index in [0.717, 1.165) is 19.4 Å². The molecule has 0 aromatic rings. The highest BCUT2D eigenvalue weighted by Gasteiger charge is 2.48. The number of hydrogen-bond acceptors (Lipinski definition) is 3. The number of ether oxygens (including phenoxy) is 1. The van der Waals surface area contributed by atoms with E-state index in [0.29, 0.717) is 6.42 Å². The number of nitrogens with one attached hydrogen (secondary N) is 1. The second-order valence-corrected chi connectivity index (χ2v) is 3.82. The molecule has 0 aliphatic carbocycles. The highest BCUT2D eigenvalue weighted by Crippen LogP contribution is 2.43. The minimum atomic E-state index is -0.0312. The predicted octanol–water partition coefficient (Wildman–Crippen LogP) is 1.04. The van der Waals surface area contributed by atoms with Crippen molar-refractivity contribution in [2.45, 2.75) is 38.8 Å². The van der Waals surface area contributed by atoms with E-state index in [2.05, 4.69) is 12.2 Å². The lowest BCUT2D eigenvalue weighted by atomic mass is 9.76. The third kappa shape index (κ3) is 1.04. The Morgan fingerprint density at radius 1 is 1.75 bits per heavy atom. The van der Waals surface area contributed by atoms with Crippen LogP contribution in [0.4, 0.5) is 0 Å². The SMILES string of the molecule is CC[C@]12CCCN[C@H]1OC(=O)C2. The maximum absolute atomic E-state index is 11.1. The fourth-order valence-electron chi connectivity index (χ4n) is 2.32. The molecule has 2 aliphatic rings. The smallest absolute Gasteiger partial charge is 0.308 e. The second kappa shape index (κ2) is 2.73. The van der Waals surface area contributed by atoms with Crippen LogP contribution in [-0.2, 0) is 9.53 Å². The van der Waals surface area contributed by atoms with Gasteiger partial charge in [-0.15, -0.1) is 0 Å². The topological polar surface area (TPSA) is 38.3 Å². The van der Waals surface area contributed by atoms with Crippen molar-refractivity contribution in [2.75, 3.05) is 6.54 Å². The van der Waals surface area contributed by atoms with Crippen molar-refractivity contribution >= 4 is 5.97 Å². The monoisotopic (exact) mass is 169 g/mol. The summed E-state index contributed by atoms with van der Waals surface area (Å²) in [6.07, 6.45) is 3.95. The van der Waals surface area contributed by atoms with Crippen molar-refractivity contribution in [2.24, 2.45) is 5.41 Å². The molecule has 1 N–H and O–H groups in total. The molecular formula is C9H15NO2. The van der Waals surface area contributed by atoms with Gasteiger partial charge < -0.3 is 4.74 Å². The van der Waals surface area contributed by atoms with Gasteiger partial charge in [0.25, 0.3) is 0 Å². The first kappa shape index (κ1) is 8.05. The lowest BCUT2D eigenvalue weighted by molar-refractivity contribution is -0.143. The van der Waals surface area contributed by atoms with Crippen LogP contribution in [0.2, 0.25) is 0 Å². The number of carbonyl (C=O) groups excluding carboxylic acids is 1. The van der Waals surface area contributed by atoms with E-state index < -0.39 is 0 Å². The quantitative estimate of drug-likeness (QED) is 0.596. The van der Waals surface area contributed by atoms with Gasteiger partial charge in [0, 0.05) is 5.41 Å². The summed E-state index contributed by atoms with van der Waals surface area (Å²) < 4.78 is 5.21. The molecule has 2 rings (SSSR count). The average molecular weight is 169 g/mol. The van der Waals surface area contributed by atoms with Crippen LogP contribution in [0.3, 0.4) is 0 Å². The Morgan fingerprint density at radius 3 is 3.25 bits per heavy atom. The average Bonchev–Trinajstić information content (AvgIpc) is 2.41. The van der Waals surface area contributed by atoms with E-state index in [9.17, 15) is 4.79 Å². The molecule has 0 amide bonds. The van der Waals surface area contributed by atoms with Crippen molar-refractivity contribution in [1.82, 2.24) is 5.32 Å². The highest BCUT2D eigenvalue weighted by molar-refractivity contribution is 5.73. The molecule has 0 aromatic carbocycles. The Hall–Kier alpha value is -0.570. The van der Waals surface area contributed by atoms with E-state index in [1.165, 1.54) is 6.42 Å². The van der Waals surface area contributed by atoms with Crippen LogP contribution in [0.5, 0.6) is 0 Å². The van der Waals surface area contributed by atoms with Crippen LogP contribution in [0.1, 0.15) is 32.6 Å². The largest absolute Gasteiger partial charge is 0.446 e. The molecule has 0 bridgehead atoms. The normalized spacial score (nSPS) is 40.8. The van der Waals surface area contributed by atoms with Gasteiger partial charge in [0.05, 0.1) is 6.42 Å². The van der Waals surface area contributed by atoms with Gasteiger partial charge in [-0.3, -0.25) is 10.1 Å². The standard InChI is InChI=1S/C9H15NO2/c1-2-9-4-3-5-10-8(9)12-7(11)6-9/h8,10H,2-6H2,1H3/t8-,9+/m0/s1. The van der Waals surface area contributed by atoms with Crippen LogP contribution in [-0.4, -0.2) is 18.7 Å². The molecule has 0 radical (unpaired) electrons. The summed E-state index contributed by atoms with van der Waals surface area (Å²) in [5.74, 6) is -0.0312. The van der Waals surface area contributed by atoms with Gasteiger partial charge in [-0.1, -0.05) is 6.92 Å². The minimum absolute atomic E-state index is 0.00347. The number of fused-ring (bicyclic) bond motifs is 1. The maximum Gasteiger partial charge on any atom is 0.308 e. The van der Waals surface area contributed by atoms with Crippen LogP contribution >= 0.6 is 0 Å². The van der Waals surface area contributed by atoms with Gasteiger partial charge in [0.1, 0.15) is 0 Å². The molecule has 0 spiro atoms. The molecule has 0 saturated carbocycles. The van der Waals surface area contributed by atoms with Crippen molar-refractivity contribution in [3.63, 3.8) is 0 Å². The Kier molecular flexibility index (Phi) is 1.83. The summed E-state index contributed by atoms with van der Waals surface area (Å²) in [6, 6.07) is 0. The Morgan fingerprint density at radius 2 is 2.58 bits per heavy atom. The molecule has 2 aliphatic heterocycles. The van der Waals surface area contributed by atoms with Crippen LogP contribution in [0.25, 0.3) is 0 Å². The Balaban J connectivity index is 2.19. The lowest BCUT2D eigenvalue weighted by Gasteiger charge is -2.36. The van der Waals surface area contributed by atoms with Crippen molar-refractivity contribution in [3.8, 4) is 0 Å². The zero-order valence-electron chi connectivity index (χ0n) is 7.43. The Labute approximate surface area is 72.5 Å². The Bertz CT molecular complexity index is 205. The molecule has 2 saturated heterocycles. The molecular weight excluding hydrogens is 154 g/mol. The van der Waals surface area contributed by atoms with Crippen molar-refractivity contribution in [1.29, 1.82) is 0 Å². The van der Waals surface area contributed by atoms with E-state index in [1.54, 1.807) is 0 Å². The molecule has 2 atom stereocenters. The first-order valence-electron chi connectivity index (χ1n) is 4.70. The zero-order chi connectivity index (χ0) is 8.60. The molecule has 0 unspecified atom stereocenters. The van der Waals surface area contributed by atoms with E-state index in [1.807, 2.05) is 0 Å². The second-order valence-electron chi connectivity index (χ2n) is 3.82. The minimum Gasteiger partial charge on any atom is -0.446 e. The number of esters is 1. The fraction of sp³-hybridized carbons (Fsp3) is 0.889. The summed E-state index contributed by atoms with van der Waals surface area (Å²) in [5, 5.41) is 3.26. The number of carbonyl (C=O) groups is 1. The summed E-state index contributed by atoms with van der Waals surface area (Å²) in [5.41, 5.74) is 0.120. The third-order valence-electron chi connectivity index (χ3n) is 3.19. The molecule has 12 heavy (non-hydrogen) atoms. The van der Waals surface area contributed by atoms with E-state index in [4.69, 9.17) is 4.74 Å². The van der Waals surface area contributed by atoms with Gasteiger partial charge in [0.15, 0.2) is 6.23 Å². The fourth-order valence-corrected chi connectivity index (χ4v) is 2.32. The third-order valence-corrected chi connectivity index (χ3v) is 3.19. The number of hydrogen-bond donors (Lipinski definition) is 1. The summed E-state index contributed by atoms with van der Waals surface area (Å²) in [7, 11) is 0. The van der Waals surface area contributed by atoms with Gasteiger partial charge in [-0.05, 0) is 25.8 Å². The number of piperidine rings is 1. The van der Waals surface area contributed by atoms with E-state index >= 15 is 0 Å². The van der Waals surface area contributed by atoms with Gasteiger partial charge in [-0.2, -0.15) is 0 Å². The lowest BCUT2D eigenvalue weighted by Crippen LogP contribution is -2.46. The molecule has 3 heteroatoms. The van der Waals surface area contributed by atoms with E-state index in [-0.39, 0.29) is 17.6 Å². The zero-order valence-corrected chi connectivity index (χ0v) is 7.43. The van der Waals surface area contributed by atoms with Crippen LogP contribution in [0.15, 0.2) is 0 Å². The first-order valence-corrected chi connectivity index (χ1v) is 4.70. The predicted molar refractivity (Wildman–Crippen MR) is 44.5 cm³/mol. The first-order chi connectivity index (χ1) is 5.77.